The standard InChI is InChI=1S/2C21H23NO/c2*1-21(18-14-22-19-11-7-6-10-17(18)19)13-12-16(20(21)23-2)15-8-4-3-5-9-15/h2*3-11,14,16,20,22H,12-13H2,1-2H3/t2*16-,20+,21+/m10/s1. The minimum Gasteiger partial charge on any atom is -0.380 e. The summed E-state index contributed by atoms with van der Waals surface area (Å²) in [5.74, 6) is 0.916. The number of rotatable bonds is 6. The van der Waals surface area contributed by atoms with Gasteiger partial charge in [-0.2, -0.15) is 0 Å². The lowest BCUT2D eigenvalue weighted by Gasteiger charge is -2.33. The lowest BCUT2D eigenvalue weighted by atomic mass is 9.77. The molecule has 8 rings (SSSR count). The fraction of sp³-hybridized carbons (Fsp3) is 0.333. The lowest BCUT2D eigenvalue weighted by Crippen LogP contribution is -2.35. The topological polar surface area (TPSA) is 50.0 Å². The van der Waals surface area contributed by atoms with E-state index in [-0.39, 0.29) is 23.0 Å². The monoisotopic (exact) mass is 610 g/mol. The Hall–Kier alpha value is -4.12. The summed E-state index contributed by atoms with van der Waals surface area (Å²) in [6, 6.07) is 38.7. The number of ether oxygens (including phenoxy) is 2. The van der Waals surface area contributed by atoms with Gasteiger partial charge in [0.05, 0.1) is 12.2 Å². The van der Waals surface area contributed by atoms with Crippen LogP contribution in [0.15, 0.2) is 122 Å². The quantitative estimate of drug-likeness (QED) is 0.197. The van der Waals surface area contributed by atoms with Gasteiger partial charge in [0.25, 0.3) is 0 Å². The maximum atomic E-state index is 6.05. The van der Waals surface area contributed by atoms with E-state index in [9.17, 15) is 0 Å². The molecule has 0 bridgehead atoms. The Balaban J connectivity index is 0.000000147. The largest absolute Gasteiger partial charge is 0.380 e. The first kappa shape index (κ1) is 30.5. The molecule has 0 aliphatic heterocycles. The van der Waals surface area contributed by atoms with Gasteiger partial charge in [0.2, 0.25) is 0 Å². The van der Waals surface area contributed by atoms with Crippen molar-refractivity contribution in [1.82, 2.24) is 9.97 Å². The smallest absolute Gasteiger partial charge is 0.0734 e. The molecule has 46 heavy (non-hydrogen) atoms. The maximum Gasteiger partial charge on any atom is 0.0734 e. The Kier molecular flexibility index (Phi) is 8.35. The van der Waals surface area contributed by atoms with Gasteiger partial charge in [-0.05, 0) is 60.1 Å². The van der Waals surface area contributed by atoms with Crippen LogP contribution in [0.4, 0.5) is 0 Å². The van der Waals surface area contributed by atoms with Crippen molar-refractivity contribution in [2.24, 2.45) is 0 Å². The van der Waals surface area contributed by atoms with Crippen LogP contribution in [0.1, 0.15) is 73.6 Å². The number of H-pyrrole nitrogens is 2. The zero-order valence-electron chi connectivity index (χ0n) is 27.5. The van der Waals surface area contributed by atoms with Gasteiger partial charge >= 0.3 is 0 Å². The number of nitrogens with one attached hydrogen (secondary N) is 2. The van der Waals surface area contributed by atoms with E-state index >= 15 is 0 Å². The summed E-state index contributed by atoms with van der Waals surface area (Å²) in [6.45, 7) is 4.72. The normalized spacial score (nSPS) is 27.6. The molecular weight excluding hydrogens is 564 g/mol. The molecule has 0 spiro atoms. The molecule has 6 atom stereocenters. The van der Waals surface area contributed by atoms with Gasteiger partial charge in [-0.15, -0.1) is 0 Å². The van der Waals surface area contributed by atoms with E-state index in [1.54, 1.807) is 0 Å². The van der Waals surface area contributed by atoms with E-state index in [0.717, 1.165) is 12.8 Å². The van der Waals surface area contributed by atoms with E-state index in [0.29, 0.717) is 11.8 Å². The van der Waals surface area contributed by atoms with Crippen LogP contribution in [-0.2, 0) is 20.3 Å². The Bertz CT molecular complexity index is 1750. The molecular formula is C42H46N2O2. The third-order valence-electron chi connectivity index (χ3n) is 11.3. The predicted molar refractivity (Wildman–Crippen MR) is 190 cm³/mol. The number of hydrogen-bond acceptors (Lipinski definition) is 2. The van der Waals surface area contributed by atoms with Crippen molar-refractivity contribution in [3.8, 4) is 0 Å². The van der Waals surface area contributed by atoms with Gasteiger partial charge in [-0.1, -0.05) is 111 Å². The molecule has 2 heterocycles. The molecule has 0 radical (unpaired) electrons. The van der Waals surface area contributed by atoms with Crippen molar-refractivity contribution in [2.45, 2.75) is 74.4 Å². The van der Waals surface area contributed by atoms with E-state index in [2.05, 4.69) is 145 Å². The second kappa shape index (κ2) is 12.6. The van der Waals surface area contributed by atoms with Crippen LogP contribution >= 0.6 is 0 Å². The van der Waals surface area contributed by atoms with E-state index < -0.39 is 0 Å². The first-order valence-corrected chi connectivity index (χ1v) is 16.8. The van der Waals surface area contributed by atoms with Crippen LogP contribution in [-0.4, -0.2) is 36.4 Å². The number of hydrogen-bond donors (Lipinski definition) is 2. The molecule has 4 heteroatoms. The summed E-state index contributed by atoms with van der Waals surface area (Å²) in [4.78, 5) is 6.87. The second-order valence-corrected chi connectivity index (χ2v) is 13.8. The number of para-hydroxylation sites is 2. The number of aromatic amines is 2. The molecule has 2 aliphatic rings. The molecule has 2 aromatic heterocycles. The molecule has 2 aliphatic carbocycles. The zero-order valence-corrected chi connectivity index (χ0v) is 27.5. The molecule has 0 unspecified atom stereocenters. The van der Waals surface area contributed by atoms with Gasteiger partial charge in [0.15, 0.2) is 0 Å². The van der Waals surface area contributed by atoms with Crippen molar-refractivity contribution in [3.63, 3.8) is 0 Å². The highest BCUT2D eigenvalue weighted by Crippen LogP contribution is 2.52. The van der Waals surface area contributed by atoms with Crippen molar-refractivity contribution in [2.75, 3.05) is 14.2 Å². The molecule has 236 valence electrons. The van der Waals surface area contributed by atoms with Gasteiger partial charge in [-0.25, -0.2) is 0 Å². The summed E-state index contributed by atoms with van der Waals surface area (Å²) in [7, 11) is 3.72. The van der Waals surface area contributed by atoms with Crippen LogP contribution in [0.2, 0.25) is 0 Å². The molecule has 4 aromatic carbocycles. The van der Waals surface area contributed by atoms with Crippen molar-refractivity contribution in [3.05, 3.63) is 144 Å². The molecule has 0 amide bonds. The Morgan fingerprint density at radius 2 is 0.891 bits per heavy atom. The molecule has 2 saturated carbocycles. The lowest BCUT2D eigenvalue weighted by molar-refractivity contribution is 0.0472. The number of benzene rings is 4. The minimum absolute atomic E-state index is 0.0366. The predicted octanol–water partition coefficient (Wildman–Crippen LogP) is 10.0. The summed E-state index contributed by atoms with van der Waals surface area (Å²) in [6.07, 6.45) is 9.39. The van der Waals surface area contributed by atoms with Crippen LogP contribution in [0, 0.1) is 0 Å². The van der Waals surface area contributed by atoms with Crippen LogP contribution in [0.5, 0.6) is 0 Å². The average molecular weight is 611 g/mol. The first-order chi connectivity index (χ1) is 22.5. The van der Waals surface area contributed by atoms with E-state index in [1.165, 1.54) is 56.9 Å². The fourth-order valence-corrected chi connectivity index (χ4v) is 8.98. The molecule has 2 fully saturated rings. The molecule has 0 saturated heterocycles. The maximum absolute atomic E-state index is 6.05. The summed E-state index contributed by atoms with van der Waals surface area (Å²) >= 11 is 0. The average Bonchev–Trinajstić information content (AvgIpc) is 3.89. The minimum atomic E-state index is 0.0366. The first-order valence-electron chi connectivity index (χ1n) is 16.8. The Labute approximate surface area is 273 Å². The van der Waals surface area contributed by atoms with Gasteiger partial charge in [0, 0.05) is 71.1 Å². The van der Waals surface area contributed by atoms with Gasteiger partial charge in [-0.3, -0.25) is 0 Å². The fourth-order valence-electron chi connectivity index (χ4n) is 8.98. The van der Waals surface area contributed by atoms with E-state index in [4.69, 9.17) is 9.47 Å². The third-order valence-corrected chi connectivity index (χ3v) is 11.3. The summed E-state index contributed by atoms with van der Waals surface area (Å²) in [5, 5.41) is 2.65. The summed E-state index contributed by atoms with van der Waals surface area (Å²) < 4.78 is 12.1. The highest BCUT2D eigenvalue weighted by Gasteiger charge is 2.49. The van der Waals surface area contributed by atoms with Crippen molar-refractivity contribution < 1.29 is 9.47 Å². The van der Waals surface area contributed by atoms with Gasteiger partial charge < -0.3 is 19.4 Å². The SMILES string of the molecule is CO[C@@H]1[C@H](c2ccccc2)CC[C@]1(C)c1c[nH]c2ccccc12.CO[C@H]1[C@@H](c2ccccc2)CC[C@@]1(C)c1c[nH]c2ccccc12. The zero-order chi connectivity index (χ0) is 31.7. The highest BCUT2D eigenvalue weighted by atomic mass is 16.5. The van der Waals surface area contributed by atoms with Crippen LogP contribution < -0.4 is 0 Å². The van der Waals surface area contributed by atoms with Crippen molar-refractivity contribution >= 4 is 21.8 Å². The number of fused-ring (bicyclic) bond motifs is 2. The van der Waals surface area contributed by atoms with Gasteiger partial charge in [0.1, 0.15) is 0 Å². The number of aromatic nitrogens is 2. The Morgan fingerprint density at radius 1 is 0.522 bits per heavy atom. The van der Waals surface area contributed by atoms with Crippen LogP contribution in [0.25, 0.3) is 21.8 Å². The molecule has 2 N–H and O–H groups in total. The third kappa shape index (κ3) is 5.18. The summed E-state index contributed by atoms with van der Waals surface area (Å²) in [5.41, 5.74) is 8.05. The van der Waals surface area contributed by atoms with Crippen LogP contribution in [0.3, 0.4) is 0 Å². The highest BCUT2D eigenvalue weighted by molar-refractivity contribution is 5.85. The van der Waals surface area contributed by atoms with Crippen molar-refractivity contribution in [1.29, 1.82) is 0 Å². The Morgan fingerprint density at radius 3 is 1.28 bits per heavy atom. The van der Waals surface area contributed by atoms with E-state index in [1.807, 2.05) is 14.2 Å². The second-order valence-electron chi connectivity index (χ2n) is 13.8. The number of methoxy groups -OCH3 is 2. The molecule has 4 nitrogen and oxygen atoms in total. The molecule has 6 aromatic rings.